The fourth-order valence-electron chi connectivity index (χ4n) is 4.17. The molecule has 1 aromatic heterocycles. The standard InChI is InChI=1S/C20H20Cl2N4O4/c1-29-14-4-3-13(21)18(22)17(14)11-7-12-9-25(10-16(27)26(12)8-11)15-5-6-23-19(24-15)20(28)30-2/h3-6,11-12H,7-10H2,1-2H3/t11-,12-/m0/s1. The molecule has 10 heteroatoms. The first-order chi connectivity index (χ1) is 14.4. The van der Waals surface area contributed by atoms with Crippen LogP contribution in [0.5, 0.6) is 5.75 Å². The Balaban J connectivity index is 1.58. The van der Waals surface area contributed by atoms with Gasteiger partial charge < -0.3 is 19.3 Å². The molecule has 2 saturated heterocycles. The molecule has 30 heavy (non-hydrogen) atoms. The van der Waals surface area contributed by atoms with Crippen molar-refractivity contribution in [2.24, 2.45) is 0 Å². The van der Waals surface area contributed by atoms with E-state index in [2.05, 4.69) is 14.7 Å². The predicted octanol–water partition coefficient (Wildman–Crippen LogP) is 2.78. The van der Waals surface area contributed by atoms with Crippen molar-refractivity contribution in [1.82, 2.24) is 14.9 Å². The van der Waals surface area contributed by atoms with E-state index in [1.54, 1.807) is 25.3 Å². The number of halogens is 2. The number of fused-ring (bicyclic) bond motifs is 1. The fourth-order valence-corrected chi connectivity index (χ4v) is 4.65. The molecule has 0 unspecified atom stereocenters. The molecule has 0 saturated carbocycles. The zero-order valence-corrected chi connectivity index (χ0v) is 18.0. The molecule has 4 rings (SSSR count). The number of hydrogen-bond acceptors (Lipinski definition) is 7. The Morgan fingerprint density at radius 2 is 2.00 bits per heavy atom. The largest absolute Gasteiger partial charge is 0.496 e. The smallest absolute Gasteiger partial charge is 0.376 e. The summed E-state index contributed by atoms with van der Waals surface area (Å²) in [5.74, 6) is 0.521. The number of methoxy groups -OCH3 is 2. The van der Waals surface area contributed by atoms with Gasteiger partial charge in [-0.25, -0.2) is 14.8 Å². The number of benzene rings is 1. The molecular weight excluding hydrogens is 431 g/mol. The number of piperazine rings is 1. The molecule has 2 atom stereocenters. The van der Waals surface area contributed by atoms with E-state index >= 15 is 0 Å². The maximum atomic E-state index is 12.9. The molecule has 2 aliphatic rings. The number of carbonyl (C=O) groups is 2. The van der Waals surface area contributed by atoms with E-state index in [0.29, 0.717) is 41.1 Å². The van der Waals surface area contributed by atoms with E-state index in [9.17, 15) is 9.59 Å². The molecule has 1 amide bonds. The molecule has 0 aliphatic carbocycles. The van der Waals surface area contributed by atoms with Gasteiger partial charge in [0.25, 0.3) is 0 Å². The molecule has 3 heterocycles. The van der Waals surface area contributed by atoms with Crippen LogP contribution in [0, 0.1) is 0 Å². The summed E-state index contributed by atoms with van der Waals surface area (Å²) in [5.41, 5.74) is 0.829. The number of carbonyl (C=O) groups excluding carboxylic acids is 2. The number of esters is 1. The Kier molecular flexibility index (Phi) is 5.71. The maximum absolute atomic E-state index is 12.9. The second-order valence-corrected chi connectivity index (χ2v) is 8.01. The van der Waals surface area contributed by atoms with E-state index in [-0.39, 0.29) is 30.2 Å². The fraction of sp³-hybridized carbons (Fsp3) is 0.400. The Hall–Kier alpha value is -2.58. The normalized spacial score (nSPS) is 20.9. The molecule has 2 fully saturated rings. The minimum absolute atomic E-state index is 0.0101. The van der Waals surface area contributed by atoms with Gasteiger partial charge in [-0.1, -0.05) is 23.2 Å². The van der Waals surface area contributed by atoms with Crippen molar-refractivity contribution < 1.29 is 19.1 Å². The van der Waals surface area contributed by atoms with E-state index in [1.165, 1.54) is 13.3 Å². The summed E-state index contributed by atoms with van der Waals surface area (Å²) in [7, 11) is 2.86. The van der Waals surface area contributed by atoms with Gasteiger partial charge in [0, 0.05) is 36.8 Å². The summed E-state index contributed by atoms with van der Waals surface area (Å²) in [6.07, 6.45) is 2.20. The number of rotatable bonds is 4. The van der Waals surface area contributed by atoms with Gasteiger partial charge in [-0.05, 0) is 24.6 Å². The predicted molar refractivity (Wildman–Crippen MR) is 111 cm³/mol. The summed E-state index contributed by atoms with van der Waals surface area (Å²) in [6, 6.07) is 5.16. The third-order valence-electron chi connectivity index (χ3n) is 5.55. The number of nitrogens with zero attached hydrogens (tertiary/aromatic N) is 4. The summed E-state index contributed by atoms with van der Waals surface area (Å²) < 4.78 is 10.2. The van der Waals surface area contributed by atoms with Crippen LogP contribution in [0.4, 0.5) is 5.82 Å². The van der Waals surface area contributed by atoms with E-state index in [4.69, 9.17) is 27.9 Å². The average molecular weight is 451 g/mol. The van der Waals surface area contributed by atoms with Crippen molar-refractivity contribution in [3.63, 3.8) is 0 Å². The van der Waals surface area contributed by atoms with E-state index in [1.807, 2.05) is 9.80 Å². The van der Waals surface area contributed by atoms with Crippen LogP contribution in [0.2, 0.25) is 10.0 Å². The first kappa shape index (κ1) is 20.7. The van der Waals surface area contributed by atoms with E-state index < -0.39 is 5.97 Å². The van der Waals surface area contributed by atoms with Crippen LogP contribution in [0.3, 0.4) is 0 Å². The summed E-state index contributed by atoms with van der Waals surface area (Å²) >= 11 is 12.7. The van der Waals surface area contributed by atoms with Crippen LogP contribution >= 0.6 is 23.2 Å². The van der Waals surface area contributed by atoms with Crippen LogP contribution in [-0.2, 0) is 9.53 Å². The van der Waals surface area contributed by atoms with Crippen molar-refractivity contribution >= 4 is 40.9 Å². The van der Waals surface area contributed by atoms with Crippen molar-refractivity contribution in [1.29, 1.82) is 0 Å². The molecule has 158 valence electrons. The van der Waals surface area contributed by atoms with Gasteiger partial charge in [-0.15, -0.1) is 0 Å². The Labute approximate surface area is 183 Å². The maximum Gasteiger partial charge on any atom is 0.376 e. The van der Waals surface area contributed by atoms with Crippen LogP contribution < -0.4 is 9.64 Å². The monoisotopic (exact) mass is 450 g/mol. The highest BCUT2D eigenvalue weighted by Gasteiger charge is 2.42. The molecule has 1 aromatic carbocycles. The number of hydrogen-bond donors (Lipinski definition) is 0. The van der Waals surface area contributed by atoms with Crippen LogP contribution in [0.1, 0.15) is 28.5 Å². The minimum atomic E-state index is -0.620. The lowest BCUT2D eigenvalue weighted by molar-refractivity contribution is -0.132. The second-order valence-electron chi connectivity index (χ2n) is 7.22. The molecule has 2 aliphatic heterocycles. The lowest BCUT2D eigenvalue weighted by Gasteiger charge is -2.37. The molecule has 0 bridgehead atoms. The van der Waals surface area contributed by atoms with Crippen molar-refractivity contribution in [3.8, 4) is 5.75 Å². The zero-order chi connectivity index (χ0) is 21.4. The highest BCUT2D eigenvalue weighted by atomic mass is 35.5. The SMILES string of the molecule is COC(=O)c1nccc(N2CC(=O)N3C[C@@H](c4c(OC)ccc(Cl)c4Cl)C[C@H]3C2)n1. The summed E-state index contributed by atoms with van der Waals surface area (Å²) in [4.78, 5) is 36.5. The molecule has 0 spiro atoms. The summed E-state index contributed by atoms with van der Waals surface area (Å²) in [6.45, 7) is 1.30. The Morgan fingerprint density at radius 3 is 2.73 bits per heavy atom. The third-order valence-corrected chi connectivity index (χ3v) is 6.36. The highest BCUT2D eigenvalue weighted by molar-refractivity contribution is 6.42. The first-order valence-electron chi connectivity index (χ1n) is 9.40. The molecule has 0 radical (unpaired) electrons. The van der Waals surface area contributed by atoms with Crippen LogP contribution in [0.15, 0.2) is 24.4 Å². The number of aromatic nitrogens is 2. The third kappa shape index (κ3) is 3.65. The van der Waals surface area contributed by atoms with Crippen molar-refractivity contribution in [2.75, 3.05) is 38.8 Å². The highest BCUT2D eigenvalue weighted by Crippen LogP contribution is 2.44. The van der Waals surface area contributed by atoms with Crippen LogP contribution in [0.25, 0.3) is 0 Å². The minimum Gasteiger partial charge on any atom is -0.496 e. The molecule has 0 N–H and O–H groups in total. The lowest BCUT2D eigenvalue weighted by atomic mass is 9.95. The Bertz CT molecular complexity index is 1000. The van der Waals surface area contributed by atoms with Gasteiger partial charge in [0.15, 0.2) is 0 Å². The van der Waals surface area contributed by atoms with Crippen molar-refractivity contribution in [3.05, 3.63) is 45.8 Å². The van der Waals surface area contributed by atoms with E-state index in [0.717, 1.165) is 5.56 Å². The van der Waals surface area contributed by atoms with Gasteiger partial charge in [-0.2, -0.15) is 0 Å². The first-order valence-corrected chi connectivity index (χ1v) is 10.2. The average Bonchev–Trinajstić information content (AvgIpc) is 3.19. The van der Waals surface area contributed by atoms with Gasteiger partial charge in [0.05, 0.1) is 30.8 Å². The Morgan fingerprint density at radius 1 is 1.20 bits per heavy atom. The summed E-state index contributed by atoms with van der Waals surface area (Å²) in [5, 5.41) is 0.922. The lowest BCUT2D eigenvalue weighted by Crippen LogP contribution is -2.54. The van der Waals surface area contributed by atoms with Crippen LogP contribution in [-0.4, -0.2) is 66.6 Å². The topological polar surface area (TPSA) is 84.9 Å². The second kappa shape index (κ2) is 8.28. The van der Waals surface area contributed by atoms with Gasteiger partial charge in [0.2, 0.25) is 11.7 Å². The number of anilines is 1. The number of amides is 1. The molecule has 2 aromatic rings. The van der Waals surface area contributed by atoms with Gasteiger partial charge >= 0.3 is 5.97 Å². The zero-order valence-electron chi connectivity index (χ0n) is 16.5. The van der Waals surface area contributed by atoms with Gasteiger partial charge in [-0.3, -0.25) is 4.79 Å². The quantitative estimate of drug-likeness (QED) is 0.661. The number of ether oxygens (including phenoxy) is 2. The van der Waals surface area contributed by atoms with Crippen molar-refractivity contribution in [2.45, 2.75) is 18.4 Å². The molecule has 8 nitrogen and oxygen atoms in total. The molecular formula is C20H20Cl2N4O4. The van der Waals surface area contributed by atoms with Gasteiger partial charge in [0.1, 0.15) is 11.6 Å².